The Balaban J connectivity index is 2.58. The number of ether oxygens (including phenoxy) is 1. The molecule has 1 aromatic rings. The molecule has 1 N–H and O–H groups in total. The lowest BCUT2D eigenvalue weighted by Crippen LogP contribution is -1.95. The van der Waals surface area contributed by atoms with Gasteiger partial charge in [-0.2, -0.15) is 4.37 Å². The molecule has 1 rings (SSSR count). The second-order valence-electron chi connectivity index (χ2n) is 2.12. The molecule has 0 spiro atoms. The van der Waals surface area contributed by atoms with Crippen molar-refractivity contribution in [2.45, 2.75) is 13.5 Å². The molecule has 0 unspecified atom stereocenters. The molecule has 1 heterocycles. The van der Waals surface area contributed by atoms with Gasteiger partial charge in [0.1, 0.15) is 0 Å². The Morgan fingerprint density at radius 1 is 1.83 bits per heavy atom. The summed E-state index contributed by atoms with van der Waals surface area (Å²) < 4.78 is 8.82. The van der Waals surface area contributed by atoms with Gasteiger partial charge in [-0.1, -0.05) is 0 Å². The van der Waals surface area contributed by atoms with Crippen molar-refractivity contribution in [3.63, 3.8) is 0 Å². The van der Waals surface area contributed by atoms with E-state index >= 15 is 0 Å². The van der Waals surface area contributed by atoms with Gasteiger partial charge in [0.2, 0.25) is 0 Å². The van der Waals surface area contributed by atoms with Gasteiger partial charge in [0.25, 0.3) is 0 Å². The van der Waals surface area contributed by atoms with Gasteiger partial charge in [0, 0.05) is 6.61 Å². The van der Waals surface area contributed by atoms with Crippen LogP contribution in [-0.2, 0) is 11.3 Å². The Hall–Kier alpha value is -0.940. The van der Waals surface area contributed by atoms with E-state index in [0.717, 1.165) is 16.4 Å². The maximum atomic E-state index is 10.4. The first-order valence-electron chi connectivity index (χ1n) is 3.50. The largest absolute Gasteiger partial charge is 0.476 e. The van der Waals surface area contributed by atoms with Crippen LogP contribution in [0.1, 0.15) is 22.3 Å². The van der Waals surface area contributed by atoms with E-state index in [1.54, 1.807) is 0 Å². The first kappa shape index (κ1) is 9.15. The van der Waals surface area contributed by atoms with Crippen molar-refractivity contribution >= 4 is 17.5 Å². The van der Waals surface area contributed by atoms with E-state index in [4.69, 9.17) is 9.84 Å². The molecule has 0 fully saturated rings. The predicted molar refractivity (Wildman–Crippen MR) is 44.4 cm³/mol. The minimum atomic E-state index is -0.992. The van der Waals surface area contributed by atoms with Crippen LogP contribution in [-0.4, -0.2) is 22.1 Å². The van der Waals surface area contributed by atoms with Crippen molar-refractivity contribution in [3.05, 3.63) is 16.6 Å². The molecule has 0 radical (unpaired) electrons. The van der Waals surface area contributed by atoms with Gasteiger partial charge in [0.15, 0.2) is 5.69 Å². The maximum absolute atomic E-state index is 10.4. The Labute approximate surface area is 74.0 Å². The lowest BCUT2D eigenvalue weighted by Gasteiger charge is -1.93. The number of aromatic carboxylic acids is 1. The SMILES string of the molecule is CCOCc1cc(C(=O)O)ns1. The van der Waals surface area contributed by atoms with Crippen LogP contribution in [0, 0.1) is 0 Å². The smallest absolute Gasteiger partial charge is 0.355 e. The van der Waals surface area contributed by atoms with Gasteiger partial charge in [-0.3, -0.25) is 0 Å². The summed E-state index contributed by atoms with van der Waals surface area (Å²) >= 11 is 1.16. The van der Waals surface area contributed by atoms with Gasteiger partial charge in [0.05, 0.1) is 11.5 Å². The fourth-order valence-corrected chi connectivity index (χ4v) is 1.33. The summed E-state index contributed by atoms with van der Waals surface area (Å²) in [6.07, 6.45) is 0. The van der Waals surface area contributed by atoms with Crippen molar-refractivity contribution in [2.75, 3.05) is 6.61 Å². The molecule has 5 heteroatoms. The molecule has 0 aliphatic carbocycles. The average molecular weight is 187 g/mol. The summed E-state index contributed by atoms with van der Waals surface area (Å²) in [5.74, 6) is -0.992. The molecular formula is C7H9NO3S. The summed E-state index contributed by atoms with van der Waals surface area (Å²) in [5.41, 5.74) is 0.0923. The minimum Gasteiger partial charge on any atom is -0.476 e. The third-order valence-corrected chi connectivity index (χ3v) is 1.98. The number of aromatic nitrogens is 1. The number of rotatable bonds is 4. The molecule has 0 saturated heterocycles. The number of hydrogen-bond acceptors (Lipinski definition) is 4. The predicted octanol–water partition coefficient (Wildman–Crippen LogP) is 1.38. The molecule has 0 amide bonds. The average Bonchev–Trinajstić information content (AvgIpc) is 2.48. The van der Waals surface area contributed by atoms with E-state index in [9.17, 15) is 4.79 Å². The van der Waals surface area contributed by atoms with Crippen LogP contribution in [0.5, 0.6) is 0 Å². The minimum absolute atomic E-state index is 0.0923. The molecule has 0 aliphatic heterocycles. The van der Waals surface area contributed by atoms with Crippen molar-refractivity contribution < 1.29 is 14.6 Å². The fourth-order valence-electron chi connectivity index (χ4n) is 0.684. The summed E-state index contributed by atoms with van der Waals surface area (Å²) in [6, 6.07) is 1.53. The highest BCUT2D eigenvalue weighted by molar-refractivity contribution is 7.05. The van der Waals surface area contributed by atoms with Gasteiger partial charge in [-0.15, -0.1) is 0 Å². The lowest BCUT2D eigenvalue weighted by atomic mass is 10.4. The van der Waals surface area contributed by atoms with Crippen LogP contribution in [0.2, 0.25) is 0 Å². The molecule has 0 aromatic carbocycles. The van der Waals surface area contributed by atoms with E-state index < -0.39 is 5.97 Å². The Morgan fingerprint density at radius 3 is 3.08 bits per heavy atom. The molecule has 0 saturated carbocycles. The summed E-state index contributed by atoms with van der Waals surface area (Å²) in [4.78, 5) is 11.2. The van der Waals surface area contributed by atoms with Crippen LogP contribution >= 0.6 is 11.5 Å². The topological polar surface area (TPSA) is 59.4 Å². The van der Waals surface area contributed by atoms with E-state index in [0.29, 0.717) is 13.2 Å². The number of hydrogen-bond donors (Lipinski definition) is 1. The summed E-state index contributed by atoms with van der Waals surface area (Å²) in [7, 11) is 0. The normalized spacial score (nSPS) is 10.1. The Kier molecular flexibility index (Phi) is 3.19. The van der Waals surface area contributed by atoms with E-state index in [-0.39, 0.29) is 5.69 Å². The molecule has 0 atom stereocenters. The van der Waals surface area contributed by atoms with Gasteiger partial charge >= 0.3 is 5.97 Å². The van der Waals surface area contributed by atoms with Crippen molar-refractivity contribution in [1.82, 2.24) is 4.37 Å². The molecule has 0 bridgehead atoms. The monoisotopic (exact) mass is 187 g/mol. The zero-order valence-electron chi connectivity index (χ0n) is 6.61. The van der Waals surface area contributed by atoms with E-state index in [1.165, 1.54) is 6.07 Å². The highest BCUT2D eigenvalue weighted by atomic mass is 32.1. The van der Waals surface area contributed by atoms with Crippen LogP contribution in [0.4, 0.5) is 0 Å². The van der Waals surface area contributed by atoms with Crippen molar-refractivity contribution in [2.24, 2.45) is 0 Å². The molecule has 12 heavy (non-hydrogen) atoms. The second kappa shape index (κ2) is 4.18. The van der Waals surface area contributed by atoms with Crippen LogP contribution in [0.3, 0.4) is 0 Å². The molecule has 1 aromatic heterocycles. The van der Waals surface area contributed by atoms with Gasteiger partial charge in [-0.25, -0.2) is 4.79 Å². The second-order valence-corrected chi connectivity index (χ2v) is 3.01. The Bertz CT molecular complexity index is 271. The summed E-state index contributed by atoms with van der Waals surface area (Å²) in [6.45, 7) is 2.96. The van der Waals surface area contributed by atoms with Crippen molar-refractivity contribution in [3.8, 4) is 0 Å². The third-order valence-electron chi connectivity index (χ3n) is 1.23. The van der Waals surface area contributed by atoms with Gasteiger partial charge < -0.3 is 9.84 Å². The lowest BCUT2D eigenvalue weighted by molar-refractivity contribution is 0.0691. The molecule has 0 aliphatic rings. The molecule has 4 nitrogen and oxygen atoms in total. The van der Waals surface area contributed by atoms with Crippen molar-refractivity contribution in [1.29, 1.82) is 0 Å². The Morgan fingerprint density at radius 2 is 2.58 bits per heavy atom. The van der Waals surface area contributed by atoms with Crippen LogP contribution < -0.4 is 0 Å². The van der Waals surface area contributed by atoms with E-state index in [2.05, 4.69) is 4.37 Å². The third kappa shape index (κ3) is 2.28. The first-order valence-corrected chi connectivity index (χ1v) is 4.28. The number of carboxylic acid groups (broad SMARTS) is 1. The quantitative estimate of drug-likeness (QED) is 0.773. The van der Waals surface area contributed by atoms with Crippen LogP contribution in [0.15, 0.2) is 6.07 Å². The fraction of sp³-hybridized carbons (Fsp3) is 0.429. The number of nitrogens with zero attached hydrogens (tertiary/aromatic N) is 1. The van der Waals surface area contributed by atoms with Crippen LogP contribution in [0.25, 0.3) is 0 Å². The first-order chi connectivity index (χ1) is 5.74. The molecular weight excluding hydrogens is 178 g/mol. The number of carboxylic acids is 1. The van der Waals surface area contributed by atoms with Gasteiger partial charge in [-0.05, 0) is 24.5 Å². The highest BCUT2D eigenvalue weighted by Crippen LogP contribution is 2.10. The number of carbonyl (C=O) groups is 1. The zero-order chi connectivity index (χ0) is 8.97. The molecule has 66 valence electrons. The maximum Gasteiger partial charge on any atom is 0.355 e. The standard InChI is InChI=1S/C7H9NO3S/c1-2-11-4-5-3-6(7(9)10)8-12-5/h3H,2,4H2,1H3,(H,9,10). The highest BCUT2D eigenvalue weighted by Gasteiger charge is 2.07. The zero-order valence-corrected chi connectivity index (χ0v) is 7.43. The summed E-state index contributed by atoms with van der Waals surface area (Å²) in [5, 5.41) is 8.53. The van der Waals surface area contributed by atoms with E-state index in [1.807, 2.05) is 6.92 Å².